The van der Waals surface area contributed by atoms with Crippen molar-refractivity contribution in [1.82, 2.24) is 4.90 Å². The lowest BCUT2D eigenvalue weighted by molar-refractivity contribution is -0.679. The molecule has 90 valence electrons. The van der Waals surface area contributed by atoms with Crippen LogP contribution in [0.5, 0.6) is 11.5 Å². The highest BCUT2D eigenvalue weighted by molar-refractivity contribution is 5.35. The van der Waals surface area contributed by atoms with Crippen molar-refractivity contribution >= 4 is 0 Å². The van der Waals surface area contributed by atoms with Crippen LogP contribution >= 0.6 is 0 Å². The molecule has 1 rings (SSSR count). The van der Waals surface area contributed by atoms with Gasteiger partial charge >= 0.3 is 0 Å². The van der Waals surface area contributed by atoms with E-state index in [-0.39, 0.29) is 5.75 Å². The summed E-state index contributed by atoms with van der Waals surface area (Å²) < 4.78 is 7.33. The maximum absolute atomic E-state index is 9.70. The summed E-state index contributed by atoms with van der Waals surface area (Å²) in [6.07, 6.45) is 1.74. The van der Waals surface area contributed by atoms with Crippen LogP contribution in [0.4, 0.5) is 0 Å². The topological polar surface area (TPSA) is 62.6 Å². The van der Waals surface area contributed by atoms with Crippen molar-refractivity contribution in [3.63, 3.8) is 0 Å². The Labute approximate surface area is 96.1 Å². The molecule has 0 bridgehead atoms. The molecular weight excluding hydrogens is 206 g/mol. The van der Waals surface area contributed by atoms with Crippen molar-refractivity contribution in [2.45, 2.75) is 6.54 Å². The third-order valence-corrected chi connectivity index (χ3v) is 2.32. The molecule has 0 spiro atoms. The number of nitrogens with two attached hydrogens (primary N) is 1. The second kappa shape index (κ2) is 5.67. The van der Waals surface area contributed by atoms with Gasteiger partial charge in [-0.1, -0.05) is 0 Å². The molecule has 0 fully saturated rings. The molecule has 1 heterocycles. The van der Waals surface area contributed by atoms with Crippen LogP contribution in [0.15, 0.2) is 12.3 Å². The number of aryl methyl sites for hydroxylation is 1. The van der Waals surface area contributed by atoms with E-state index in [9.17, 15) is 5.11 Å². The van der Waals surface area contributed by atoms with Gasteiger partial charge in [0.15, 0.2) is 11.4 Å². The summed E-state index contributed by atoms with van der Waals surface area (Å²) in [4.78, 5) is 2.02. The second-order valence-corrected chi connectivity index (χ2v) is 3.98. The minimum Gasteiger partial charge on any atom is -0.504 e. The van der Waals surface area contributed by atoms with E-state index in [1.807, 2.05) is 30.6 Å². The third-order valence-electron chi connectivity index (χ3n) is 2.32. The number of ether oxygens (including phenoxy) is 1. The summed E-state index contributed by atoms with van der Waals surface area (Å²) in [6.45, 7) is 1.74. The fraction of sp³-hybridized carbons (Fsp3) is 0.545. The maximum atomic E-state index is 9.70. The Hall–Kier alpha value is -1.33. The van der Waals surface area contributed by atoms with E-state index in [1.54, 1.807) is 12.3 Å². The number of nitrogens with zero attached hydrogens (tertiary/aromatic N) is 2. The van der Waals surface area contributed by atoms with Crippen molar-refractivity contribution in [2.75, 3.05) is 27.2 Å². The first-order valence-electron chi connectivity index (χ1n) is 5.23. The SMILES string of the molecule is CN(C)CCOc1c[n+](C)c(CN)cc1O. The minimum atomic E-state index is 0.136. The Morgan fingerprint density at radius 3 is 2.75 bits per heavy atom. The van der Waals surface area contributed by atoms with Crippen LogP contribution in [0, 0.1) is 0 Å². The molecule has 0 atom stereocenters. The molecule has 0 unspecified atom stereocenters. The van der Waals surface area contributed by atoms with E-state index in [2.05, 4.69) is 0 Å². The molecule has 0 aliphatic rings. The number of rotatable bonds is 5. The molecule has 1 aromatic rings. The molecule has 0 aliphatic heterocycles. The van der Waals surface area contributed by atoms with Gasteiger partial charge in [-0.3, -0.25) is 0 Å². The van der Waals surface area contributed by atoms with Gasteiger partial charge in [-0.05, 0) is 14.1 Å². The predicted octanol–water partition coefficient (Wildman–Crippen LogP) is -0.384. The zero-order valence-corrected chi connectivity index (χ0v) is 10.1. The number of pyridine rings is 1. The van der Waals surface area contributed by atoms with Gasteiger partial charge in [0.1, 0.15) is 13.7 Å². The predicted molar refractivity (Wildman–Crippen MR) is 61.2 cm³/mol. The number of hydrogen-bond donors (Lipinski definition) is 2. The molecule has 0 amide bonds. The molecule has 3 N–H and O–H groups in total. The summed E-state index contributed by atoms with van der Waals surface area (Å²) in [7, 11) is 5.82. The van der Waals surface area contributed by atoms with Crippen molar-refractivity contribution in [1.29, 1.82) is 0 Å². The Morgan fingerprint density at radius 1 is 1.50 bits per heavy atom. The van der Waals surface area contributed by atoms with Gasteiger partial charge in [0.25, 0.3) is 0 Å². The monoisotopic (exact) mass is 226 g/mol. The van der Waals surface area contributed by atoms with Crippen molar-refractivity contribution in [3.8, 4) is 11.5 Å². The highest BCUT2D eigenvalue weighted by Crippen LogP contribution is 2.23. The molecule has 1 aromatic heterocycles. The van der Waals surface area contributed by atoms with E-state index in [0.29, 0.717) is 18.9 Å². The summed E-state index contributed by atoms with van der Waals surface area (Å²) in [5, 5.41) is 9.70. The van der Waals surface area contributed by atoms with Gasteiger partial charge in [0.2, 0.25) is 11.9 Å². The molecule has 0 aliphatic carbocycles. The molecule has 16 heavy (non-hydrogen) atoms. The zero-order chi connectivity index (χ0) is 12.1. The lowest BCUT2D eigenvalue weighted by Gasteiger charge is -2.11. The standard InChI is InChI=1S/C11H19N3O2/c1-13(2)4-5-16-11-8-14(3)9(7-12)6-10(11)15/h6,8H,4-5,7,12H2,1-3H3/p+1. The van der Waals surface area contributed by atoms with Crippen LogP contribution in [-0.2, 0) is 13.6 Å². The van der Waals surface area contributed by atoms with E-state index in [1.165, 1.54) is 0 Å². The molecule has 5 heteroatoms. The van der Waals surface area contributed by atoms with E-state index in [4.69, 9.17) is 10.5 Å². The largest absolute Gasteiger partial charge is 0.504 e. The molecule has 0 aromatic carbocycles. The molecule has 0 saturated carbocycles. The first kappa shape index (κ1) is 12.7. The maximum Gasteiger partial charge on any atom is 0.225 e. The number of hydrogen-bond acceptors (Lipinski definition) is 4. The zero-order valence-electron chi connectivity index (χ0n) is 10.1. The highest BCUT2D eigenvalue weighted by Gasteiger charge is 2.13. The third kappa shape index (κ3) is 3.36. The molecule has 5 nitrogen and oxygen atoms in total. The smallest absolute Gasteiger partial charge is 0.225 e. The average molecular weight is 226 g/mol. The van der Waals surface area contributed by atoms with Crippen LogP contribution < -0.4 is 15.0 Å². The Morgan fingerprint density at radius 2 is 2.19 bits per heavy atom. The molecule has 0 saturated heterocycles. The second-order valence-electron chi connectivity index (χ2n) is 3.98. The van der Waals surface area contributed by atoms with Gasteiger partial charge in [-0.25, -0.2) is 4.57 Å². The lowest BCUT2D eigenvalue weighted by atomic mass is 10.3. The van der Waals surface area contributed by atoms with Gasteiger partial charge in [0.05, 0.1) is 12.6 Å². The normalized spacial score (nSPS) is 10.8. The van der Waals surface area contributed by atoms with Gasteiger partial charge in [-0.15, -0.1) is 0 Å². The van der Waals surface area contributed by atoms with Crippen molar-refractivity contribution in [3.05, 3.63) is 18.0 Å². The number of likely N-dealkylation sites (N-methyl/N-ethyl adjacent to an activating group) is 1. The fourth-order valence-corrected chi connectivity index (χ4v) is 1.31. The average Bonchev–Trinajstić information content (AvgIpc) is 2.22. The summed E-state index contributed by atoms with van der Waals surface area (Å²) in [6, 6.07) is 1.63. The van der Waals surface area contributed by atoms with Gasteiger partial charge in [-0.2, -0.15) is 0 Å². The first-order valence-corrected chi connectivity index (χ1v) is 5.23. The van der Waals surface area contributed by atoms with Crippen LogP contribution in [0.3, 0.4) is 0 Å². The van der Waals surface area contributed by atoms with E-state index >= 15 is 0 Å². The van der Waals surface area contributed by atoms with Crippen LogP contribution in [0.25, 0.3) is 0 Å². The number of aromatic hydroxyl groups is 1. The number of aromatic nitrogens is 1. The van der Waals surface area contributed by atoms with Crippen LogP contribution in [0.2, 0.25) is 0 Å². The van der Waals surface area contributed by atoms with Crippen LogP contribution in [0.1, 0.15) is 5.69 Å². The minimum absolute atomic E-state index is 0.136. The lowest BCUT2D eigenvalue weighted by Crippen LogP contribution is -2.34. The van der Waals surface area contributed by atoms with E-state index in [0.717, 1.165) is 12.2 Å². The molecule has 0 radical (unpaired) electrons. The summed E-state index contributed by atoms with van der Waals surface area (Å²) in [5.41, 5.74) is 6.39. The first-order chi connectivity index (χ1) is 7.54. The Balaban J connectivity index is 2.70. The Kier molecular flexibility index (Phi) is 4.52. The van der Waals surface area contributed by atoms with Crippen molar-refractivity contribution < 1.29 is 14.4 Å². The summed E-state index contributed by atoms with van der Waals surface area (Å²) in [5.74, 6) is 0.624. The quantitative estimate of drug-likeness (QED) is 0.672. The van der Waals surface area contributed by atoms with Gasteiger partial charge < -0.3 is 20.5 Å². The fourth-order valence-electron chi connectivity index (χ4n) is 1.31. The molecular formula is C11H20N3O2+. The van der Waals surface area contributed by atoms with Crippen molar-refractivity contribution in [2.24, 2.45) is 12.8 Å². The van der Waals surface area contributed by atoms with Gasteiger partial charge in [0, 0.05) is 6.54 Å². The van der Waals surface area contributed by atoms with E-state index < -0.39 is 0 Å². The Bertz CT molecular complexity index is 353. The highest BCUT2D eigenvalue weighted by atomic mass is 16.5. The van der Waals surface area contributed by atoms with Crippen LogP contribution in [-0.4, -0.2) is 37.3 Å². The summed E-state index contributed by atoms with van der Waals surface area (Å²) >= 11 is 0.